The molecule has 0 fully saturated rings. The Balaban J connectivity index is 2.58. The second kappa shape index (κ2) is 5.95. The molecule has 0 aliphatic rings. The Hall–Kier alpha value is -1.95. The topological polar surface area (TPSA) is 92.5 Å². The maximum atomic E-state index is 10.7. The number of nitrogens with zero attached hydrogens (tertiary/aromatic N) is 1. The smallest absolute Gasteiger partial charge is 0.320 e. The number of carboxylic acids is 1. The average Bonchev–Trinajstić information content (AvgIpc) is 2.29. The third-order valence-corrected chi connectivity index (χ3v) is 2.40. The van der Waals surface area contributed by atoms with Crippen LogP contribution in [0.25, 0.3) is 0 Å². The van der Waals surface area contributed by atoms with Gasteiger partial charge >= 0.3 is 5.97 Å². The average molecular weight is 238 g/mol. The van der Waals surface area contributed by atoms with Crippen LogP contribution >= 0.6 is 0 Å². The normalized spacial score (nSPS) is 12.1. The molecule has 0 radical (unpaired) electrons. The minimum atomic E-state index is -0.937. The number of nitro groups is 1. The van der Waals surface area contributed by atoms with E-state index >= 15 is 0 Å². The summed E-state index contributed by atoms with van der Waals surface area (Å²) in [4.78, 5) is 20.8. The first-order valence-electron chi connectivity index (χ1n) is 5.21. The van der Waals surface area contributed by atoms with Gasteiger partial charge in [-0.1, -0.05) is 18.2 Å². The quantitative estimate of drug-likeness (QED) is 0.573. The highest BCUT2D eigenvalue weighted by Gasteiger charge is 2.13. The van der Waals surface area contributed by atoms with E-state index in [1.807, 2.05) is 0 Å². The highest BCUT2D eigenvalue weighted by atomic mass is 16.6. The van der Waals surface area contributed by atoms with E-state index in [2.05, 4.69) is 5.32 Å². The van der Waals surface area contributed by atoms with Gasteiger partial charge in [0.1, 0.15) is 6.04 Å². The first-order chi connectivity index (χ1) is 8.02. The molecular weight excluding hydrogens is 224 g/mol. The largest absolute Gasteiger partial charge is 0.480 e. The Labute approximate surface area is 98.4 Å². The molecule has 1 aromatic rings. The first-order valence-corrected chi connectivity index (χ1v) is 5.21. The summed E-state index contributed by atoms with van der Waals surface area (Å²) < 4.78 is 0. The molecule has 1 atom stereocenters. The van der Waals surface area contributed by atoms with Crippen molar-refractivity contribution in [2.75, 3.05) is 6.54 Å². The number of carboxylic acid groups (broad SMARTS) is 1. The number of nitro benzene ring substituents is 1. The Kier molecular flexibility index (Phi) is 4.59. The zero-order valence-electron chi connectivity index (χ0n) is 9.42. The molecule has 0 heterocycles. The standard InChI is InChI=1S/C11H14N2O4/c1-8(11(14)15)12-7-6-9-4-2-3-5-10(9)13(16)17/h2-5,8,12H,6-7H2,1H3,(H,14,15)/t8-/m0/s1. The molecule has 1 rings (SSSR count). The molecule has 6 heteroatoms. The SMILES string of the molecule is C[C@H](NCCc1ccccc1[N+](=O)[O-])C(=O)O. The number of hydrogen-bond donors (Lipinski definition) is 2. The molecule has 0 aliphatic carbocycles. The molecule has 0 bridgehead atoms. The predicted octanol–water partition coefficient (Wildman–Crippen LogP) is 1.20. The third kappa shape index (κ3) is 3.84. The Bertz CT molecular complexity index is 420. The fourth-order valence-electron chi connectivity index (χ4n) is 1.41. The van der Waals surface area contributed by atoms with Crippen LogP contribution in [0.2, 0.25) is 0 Å². The van der Waals surface area contributed by atoms with Crippen LogP contribution in [-0.2, 0) is 11.2 Å². The van der Waals surface area contributed by atoms with E-state index in [0.29, 0.717) is 18.5 Å². The number of carbonyl (C=O) groups is 1. The van der Waals surface area contributed by atoms with Crippen molar-refractivity contribution in [3.63, 3.8) is 0 Å². The maximum absolute atomic E-state index is 10.7. The van der Waals surface area contributed by atoms with Crippen LogP contribution in [0.15, 0.2) is 24.3 Å². The van der Waals surface area contributed by atoms with E-state index in [1.54, 1.807) is 18.2 Å². The molecule has 2 N–H and O–H groups in total. The van der Waals surface area contributed by atoms with Crippen LogP contribution in [0.3, 0.4) is 0 Å². The van der Waals surface area contributed by atoms with Gasteiger partial charge in [0.15, 0.2) is 0 Å². The molecule has 0 aliphatic heterocycles. The number of rotatable bonds is 6. The number of nitrogens with one attached hydrogen (secondary N) is 1. The van der Waals surface area contributed by atoms with E-state index in [9.17, 15) is 14.9 Å². The summed E-state index contributed by atoms with van der Waals surface area (Å²) in [5.41, 5.74) is 0.667. The highest BCUT2D eigenvalue weighted by Crippen LogP contribution is 2.17. The van der Waals surface area contributed by atoms with Gasteiger partial charge in [-0.3, -0.25) is 14.9 Å². The Morgan fingerprint density at radius 3 is 2.76 bits per heavy atom. The Morgan fingerprint density at radius 2 is 2.18 bits per heavy atom. The molecule has 92 valence electrons. The molecule has 1 aromatic carbocycles. The van der Waals surface area contributed by atoms with Crippen molar-refractivity contribution in [2.45, 2.75) is 19.4 Å². The van der Waals surface area contributed by atoms with Crippen molar-refractivity contribution < 1.29 is 14.8 Å². The van der Waals surface area contributed by atoms with E-state index in [0.717, 1.165) is 0 Å². The first kappa shape index (κ1) is 13.1. The van der Waals surface area contributed by atoms with Gasteiger partial charge in [0, 0.05) is 18.2 Å². The predicted molar refractivity (Wildman–Crippen MR) is 61.9 cm³/mol. The lowest BCUT2D eigenvalue weighted by atomic mass is 10.1. The minimum absolute atomic E-state index is 0.0669. The number of benzene rings is 1. The van der Waals surface area contributed by atoms with Crippen LogP contribution in [0, 0.1) is 10.1 Å². The van der Waals surface area contributed by atoms with Crippen molar-refractivity contribution in [2.24, 2.45) is 0 Å². The van der Waals surface area contributed by atoms with E-state index in [4.69, 9.17) is 5.11 Å². The fraction of sp³-hybridized carbons (Fsp3) is 0.364. The van der Waals surface area contributed by atoms with Crippen LogP contribution in [0.5, 0.6) is 0 Å². The lowest BCUT2D eigenvalue weighted by molar-refractivity contribution is -0.385. The molecule has 0 unspecified atom stereocenters. The summed E-state index contributed by atoms with van der Waals surface area (Å²) in [7, 11) is 0. The fourth-order valence-corrected chi connectivity index (χ4v) is 1.41. The van der Waals surface area contributed by atoms with Crippen molar-refractivity contribution in [1.29, 1.82) is 0 Å². The minimum Gasteiger partial charge on any atom is -0.480 e. The third-order valence-electron chi connectivity index (χ3n) is 2.40. The van der Waals surface area contributed by atoms with E-state index < -0.39 is 16.9 Å². The summed E-state index contributed by atoms with van der Waals surface area (Å²) in [5.74, 6) is -0.937. The van der Waals surface area contributed by atoms with Crippen molar-refractivity contribution in [3.05, 3.63) is 39.9 Å². The highest BCUT2D eigenvalue weighted by molar-refractivity contribution is 5.72. The molecule has 0 saturated heterocycles. The van der Waals surface area contributed by atoms with Crippen LogP contribution in [0.4, 0.5) is 5.69 Å². The molecule has 17 heavy (non-hydrogen) atoms. The van der Waals surface area contributed by atoms with Crippen LogP contribution < -0.4 is 5.32 Å². The maximum Gasteiger partial charge on any atom is 0.320 e. The van der Waals surface area contributed by atoms with Crippen molar-refractivity contribution in [1.82, 2.24) is 5.32 Å². The molecule has 0 saturated carbocycles. The lowest BCUT2D eigenvalue weighted by Gasteiger charge is -2.08. The molecular formula is C11H14N2O4. The van der Waals surface area contributed by atoms with Gasteiger partial charge in [0.2, 0.25) is 0 Å². The number of hydrogen-bond acceptors (Lipinski definition) is 4. The molecule has 0 amide bonds. The number of aliphatic carboxylic acids is 1. The van der Waals surface area contributed by atoms with Gasteiger partial charge in [0.05, 0.1) is 4.92 Å². The second-order valence-corrected chi connectivity index (χ2v) is 3.65. The van der Waals surface area contributed by atoms with Crippen LogP contribution in [0.1, 0.15) is 12.5 Å². The monoisotopic (exact) mass is 238 g/mol. The zero-order valence-corrected chi connectivity index (χ0v) is 9.42. The number of para-hydroxylation sites is 1. The summed E-state index contributed by atoms with van der Waals surface area (Å²) in [5, 5.41) is 22.1. The van der Waals surface area contributed by atoms with Gasteiger partial charge in [-0.2, -0.15) is 0 Å². The summed E-state index contributed by atoms with van der Waals surface area (Å²) in [6.07, 6.45) is 0.425. The summed E-state index contributed by atoms with van der Waals surface area (Å²) in [6, 6.07) is 5.79. The van der Waals surface area contributed by atoms with Gasteiger partial charge in [-0.25, -0.2) is 0 Å². The zero-order chi connectivity index (χ0) is 12.8. The van der Waals surface area contributed by atoms with Crippen molar-refractivity contribution in [3.8, 4) is 0 Å². The van der Waals surface area contributed by atoms with Crippen LogP contribution in [-0.4, -0.2) is 28.6 Å². The van der Waals surface area contributed by atoms with Crippen molar-refractivity contribution >= 4 is 11.7 Å². The van der Waals surface area contributed by atoms with Gasteiger partial charge in [0.25, 0.3) is 5.69 Å². The molecule has 0 spiro atoms. The van der Waals surface area contributed by atoms with E-state index in [-0.39, 0.29) is 5.69 Å². The van der Waals surface area contributed by atoms with Gasteiger partial charge in [-0.15, -0.1) is 0 Å². The summed E-state index contributed by atoms with van der Waals surface area (Å²) in [6.45, 7) is 1.92. The molecule has 6 nitrogen and oxygen atoms in total. The van der Waals surface area contributed by atoms with Gasteiger partial charge < -0.3 is 10.4 Å². The summed E-state index contributed by atoms with van der Waals surface area (Å²) >= 11 is 0. The van der Waals surface area contributed by atoms with E-state index in [1.165, 1.54) is 13.0 Å². The molecule has 0 aromatic heterocycles. The second-order valence-electron chi connectivity index (χ2n) is 3.65. The van der Waals surface area contributed by atoms with Gasteiger partial charge in [-0.05, 0) is 13.3 Å². The Morgan fingerprint density at radius 1 is 1.53 bits per heavy atom. The lowest BCUT2D eigenvalue weighted by Crippen LogP contribution is -2.35.